The molecule has 1 aliphatic heterocycles. The molecule has 0 aromatic heterocycles. The van der Waals surface area contributed by atoms with Gasteiger partial charge in [-0.15, -0.1) is 0 Å². The number of hydrogen-bond acceptors (Lipinski definition) is 4. The van der Waals surface area contributed by atoms with Crippen LogP contribution in [0.5, 0.6) is 0 Å². The fraction of sp³-hybridized carbons (Fsp3) is 0.429. The van der Waals surface area contributed by atoms with Crippen LogP contribution in [0.4, 0.5) is 0 Å². The Labute approximate surface area is 124 Å². The van der Waals surface area contributed by atoms with Crippen LogP contribution in [0, 0.1) is 11.3 Å². The van der Waals surface area contributed by atoms with Crippen molar-refractivity contribution in [2.45, 2.75) is 24.2 Å². The fourth-order valence-electron chi connectivity index (χ4n) is 2.21. The van der Waals surface area contributed by atoms with Gasteiger partial charge in [0.25, 0.3) is 0 Å². The normalized spacial score (nSPS) is 15.2. The van der Waals surface area contributed by atoms with Crippen molar-refractivity contribution in [3.8, 4) is 6.07 Å². The van der Waals surface area contributed by atoms with Gasteiger partial charge in [-0.05, 0) is 37.1 Å². The first-order chi connectivity index (χ1) is 10.0. The van der Waals surface area contributed by atoms with Crippen LogP contribution in [0.3, 0.4) is 0 Å². The van der Waals surface area contributed by atoms with Crippen molar-refractivity contribution in [1.29, 1.82) is 5.26 Å². The number of benzene rings is 1. The Kier molecular flexibility index (Phi) is 4.94. The Bertz CT molecular complexity index is 647. The number of rotatable bonds is 6. The SMILES string of the molecule is N#Cc1ccc(S(=O)(=O)NCCCN2CCCC2=O)cc1. The zero-order valence-electron chi connectivity index (χ0n) is 11.6. The van der Waals surface area contributed by atoms with Crippen LogP contribution in [-0.4, -0.2) is 38.9 Å². The van der Waals surface area contributed by atoms with Crippen molar-refractivity contribution in [3.63, 3.8) is 0 Å². The number of nitrogens with zero attached hydrogens (tertiary/aromatic N) is 2. The number of hydrogen-bond donors (Lipinski definition) is 1. The molecule has 1 saturated heterocycles. The third-order valence-corrected chi connectivity index (χ3v) is 4.84. The zero-order valence-corrected chi connectivity index (χ0v) is 12.4. The second-order valence-electron chi connectivity index (χ2n) is 4.87. The molecule has 1 aliphatic rings. The summed E-state index contributed by atoms with van der Waals surface area (Å²) in [6.07, 6.45) is 2.06. The van der Waals surface area contributed by atoms with Crippen LogP contribution in [0.15, 0.2) is 29.2 Å². The Hall–Kier alpha value is -1.91. The van der Waals surface area contributed by atoms with E-state index in [1.807, 2.05) is 6.07 Å². The van der Waals surface area contributed by atoms with Crippen LogP contribution in [0.2, 0.25) is 0 Å². The van der Waals surface area contributed by atoms with Crippen molar-refractivity contribution in [3.05, 3.63) is 29.8 Å². The van der Waals surface area contributed by atoms with Crippen LogP contribution in [-0.2, 0) is 14.8 Å². The van der Waals surface area contributed by atoms with Crippen LogP contribution in [0.1, 0.15) is 24.8 Å². The molecule has 0 radical (unpaired) electrons. The van der Waals surface area contributed by atoms with Crippen molar-refractivity contribution < 1.29 is 13.2 Å². The molecule has 1 fully saturated rings. The van der Waals surface area contributed by atoms with Gasteiger partial charge in [0.05, 0.1) is 16.5 Å². The van der Waals surface area contributed by atoms with E-state index < -0.39 is 10.0 Å². The van der Waals surface area contributed by atoms with E-state index in [0.29, 0.717) is 24.9 Å². The molecule has 0 unspecified atom stereocenters. The zero-order chi connectivity index (χ0) is 15.3. The molecule has 112 valence electrons. The van der Waals surface area contributed by atoms with Gasteiger partial charge in [-0.2, -0.15) is 5.26 Å². The van der Waals surface area contributed by atoms with Gasteiger partial charge in [0.15, 0.2) is 0 Å². The molecule has 1 amide bonds. The molecule has 1 N–H and O–H groups in total. The summed E-state index contributed by atoms with van der Waals surface area (Å²) in [4.78, 5) is 13.3. The summed E-state index contributed by atoms with van der Waals surface area (Å²) in [5.41, 5.74) is 0.418. The first kappa shape index (κ1) is 15.5. The Morgan fingerprint density at radius 3 is 2.57 bits per heavy atom. The minimum absolute atomic E-state index is 0.138. The second kappa shape index (κ2) is 6.70. The van der Waals surface area contributed by atoms with Gasteiger partial charge in [-0.1, -0.05) is 0 Å². The highest BCUT2D eigenvalue weighted by atomic mass is 32.2. The highest BCUT2D eigenvalue weighted by Gasteiger charge is 2.19. The van der Waals surface area contributed by atoms with Crippen LogP contribution >= 0.6 is 0 Å². The van der Waals surface area contributed by atoms with Crippen molar-refractivity contribution in [2.75, 3.05) is 19.6 Å². The predicted molar refractivity (Wildman–Crippen MR) is 76.8 cm³/mol. The van der Waals surface area contributed by atoms with Crippen LogP contribution in [0.25, 0.3) is 0 Å². The van der Waals surface area contributed by atoms with Crippen molar-refractivity contribution in [2.24, 2.45) is 0 Å². The maximum atomic E-state index is 12.0. The summed E-state index contributed by atoms with van der Waals surface area (Å²) in [6, 6.07) is 7.70. The average Bonchev–Trinajstić information content (AvgIpc) is 2.89. The lowest BCUT2D eigenvalue weighted by Gasteiger charge is -2.15. The van der Waals surface area contributed by atoms with Gasteiger partial charge in [0.2, 0.25) is 15.9 Å². The second-order valence-corrected chi connectivity index (χ2v) is 6.64. The number of nitriles is 1. The lowest BCUT2D eigenvalue weighted by atomic mass is 10.2. The Balaban J connectivity index is 1.83. The minimum Gasteiger partial charge on any atom is -0.343 e. The van der Waals surface area contributed by atoms with Gasteiger partial charge in [0, 0.05) is 26.1 Å². The van der Waals surface area contributed by atoms with E-state index in [2.05, 4.69) is 4.72 Å². The highest BCUT2D eigenvalue weighted by Crippen LogP contribution is 2.11. The molecule has 7 heteroatoms. The molecule has 2 rings (SSSR count). The Morgan fingerprint density at radius 2 is 2.00 bits per heavy atom. The molecular weight excluding hydrogens is 290 g/mol. The number of nitrogens with one attached hydrogen (secondary N) is 1. The van der Waals surface area contributed by atoms with E-state index >= 15 is 0 Å². The molecule has 1 aromatic carbocycles. The molecule has 1 aromatic rings. The summed E-state index contributed by atoms with van der Waals surface area (Å²) in [5, 5.41) is 8.68. The van der Waals surface area contributed by atoms with Gasteiger partial charge < -0.3 is 4.90 Å². The van der Waals surface area contributed by atoms with Crippen molar-refractivity contribution >= 4 is 15.9 Å². The summed E-state index contributed by atoms with van der Waals surface area (Å²) >= 11 is 0. The van der Waals surface area contributed by atoms with Gasteiger partial charge in [0.1, 0.15) is 0 Å². The predicted octanol–water partition coefficient (Wildman–Crippen LogP) is 0.849. The largest absolute Gasteiger partial charge is 0.343 e. The number of carbonyl (C=O) groups excluding carboxylic acids is 1. The standard InChI is InChI=1S/C14H17N3O3S/c15-11-12-4-6-13(7-5-12)21(19,20)16-8-2-10-17-9-1-3-14(17)18/h4-7,16H,1-3,8-10H2. The molecule has 0 saturated carbocycles. The van der Waals surface area contributed by atoms with E-state index in [0.717, 1.165) is 13.0 Å². The van der Waals surface area contributed by atoms with E-state index in [1.54, 1.807) is 4.90 Å². The van der Waals surface area contributed by atoms with E-state index in [1.165, 1.54) is 24.3 Å². The highest BCUT2D eigenvalue weighted by molar-refractivity contribution is 7.89. The van der Waals surface area contributed by atoms with Gasteiger partial charge in [-0.25, -0.2) is 13.1 Å². The first-order valence-corrected chi connectivity index (χ1v) is 8.29. The van der Waals surface area contributed by atoms with Gasteiger partial charge in [-0.3, -0.25) is 4.79 Å². The average molecular weight is 307 g/mol. The molecule has 1 heterocycles. The summed E-state index contributed by atoms with van der Waals surface area (Å²) in [6.45, 7) is 1.63. The third kappa shape index (κ3) is 4.03. The number of likely N-dealkylation sites (tertiary alicyclic amines) is 1. The van der Waals surface area contributed by atoms with E-state index in [9.17, 15) is 13.2 Å². The van der Waals surface area contributed by atoms with E-state index in [-0.39, 0.29) is 17.3 Å². The molecule has 0 bridgehead atoms. The molecule has 6 nitrogen and oxygen atoms in total. The monoisotopic (exact) mass is 307 g/mol. The number of sulfonamides is 1. The van der Waals surface area contributed by atoms with Crippen molar-refractivity contribution in [1.82, 2.24) is 9.62 Å². The first-order valence-electron chi connectivity index (χ1n) is 6.80. The molecule has 0 atom stereocenters. The molecule has 0 spiro atoms. The molecule has 21 heavy (non-hydrogen) atoms. The van der Waals surface area contributed by atoms with Crippen LogP contribution < -0.4 is 4.72 Å². The summed E-state index contributed by atoms with van der Waals surface area (Å²) in [5.74, 6) is 0.143. The lowest BCUT2D eigenvalue weighted by Crippen LogP contribution is -2.30. The third-order valence-electron chi connectivity index (χ3n) is 3.36. The fourth-order valence-corrected chi connectivity index (χ4v) is 3.28. The molecule has 0 aliphatic carbocycles. The summed E-state index contributed by atoms with van der Waals surface area (Å²) in [7, 11) is -3.56. The van der Waals surface area contributed by atoms with Gasteiger partial charge >= 0.3 is 0 Å². The smallest absolute Gasteiger partial charge is 0.240 e. The quantitative estimate of drug-likeness (QED) is 0.789. The minimum atomic E-state index is -3.56. The maximum absolute atomic E-state index is 12.0. The maximum Gasteiger partial charge on any atom is 0.240 e. The van der Waals surface area contributed by atoms with E-state index in [4.69, 9.17) is 5.26 Å². The molecular formula is C14H17N3O3S. The summed E-state index contributed by atoms with van der Waals surface area (Å²) < 4.78 is 26.5. The number of carbonyl (C=O) groups is 1. The lowest BCUT2D eigenvalue weighted by molar-refractivity contribution is -0.127. The number of amides is 1. The Morgan fingerprint density at radius 1 is 1.29 bits per heavy atom. The topological polar surface area (TPSA) is 90.3 Å².